The summed E-state index contributed by atoms with van der Waals surface area (Å²) in [5, 5.41) is 9.15. The van der Waals surface area contributed by atoms with Crippen molar-refractivity contribution in [1.82, 2.24) is 9.97 Å². The van der Waals surface area contributed by atoms with E-state index >= 15 is 0 Å². The van der Waals surface area contributed by atoms with Gasteiger partial charge in [-0.15, -0.1) is 0 Å². The quantitative estimate of drug-likeness (QED) is 0.906. The Kier molecular flexibility index (Phi) is 3.17. The molecule has 0 spiro atoms. The third-order valence-corrected chi connectivity index (χ3v) is 3.69. The largest absolute Gasteiger partial charge is 0.347 e. The molecule has 0 saturated heterocycles. The number of aromatic amines is 1. The van der Waals surface area contributed by atoms with Crippen LogP contribution >= 0.6 is 0 Å². The molecular weight excluding hydrogens is 250 g/mol. The molecule has 0 aliphatic carbocycles. The van der Waals surface area contributed by atoms with Crippen molar-refractivity contribution in [3.05, 3.63) is 48.0 Å². The lowest BCUT2D eigenvalue weighted by Gasteiger charge is -2.07. The average Bonchev–Trinajstić information content (AvgIpc) is 2.83. The summed E-state index contributed by atoms with van der Waals surface area (Å²) in [6, 6.07) is 8.40. The molecule has 0 saturated carbocycles. The highest BCUT2D eigenvalue weighted by atomic mass is 32.2. The number of nitrogens with one attached hydrogen (secondary N) is 1. The third kappa shape index (κ3) is 2.41. The summed E-state index contributed by atoms with van der Waals surface area (Å²) in [5.74, 6) is 0.0261. The molecule has 0 aliphatic rings. The van der Waals surface area contributed by atoms with E-state index in [0.717, 1.165) is 6.26 Å². The monoisotopic (exact) mass is 261 g/mol. The maximum absolute atomic E-state index is 11.3. The van der Waals surface area contributed by atoms with Crippen molar-refractivity contribution in [2.24, 2.45) is 0 Å². The summed E-state index contributed by atoms with van der Waals surface area (Å²) in [7, 11) is -3.21. The molecule has 1 unspecified atom stereocenters. The number of H-pyrrole nitrogens is 1. The minimum atomic E-state index is -3.21. The summed E-state index contributed by atoms with van der Waals surface area (Å²) < 4.78 is 22.7. The number of nitrogens with zero attached hydrogens (tertiary/aromatic N) is 2. The molecule has 1 heterocycles. The molecule has 1 N–H and O–H groups in total. The molecular formula is C12H11N3O2S. The summed E-state index contributed by atoms with van der Waals surface area (Å²) in [6.07, 6.45) is 4.37. The normalized spacial score (nSPS) is 12.9. The zero-order chi connectivity index (χ0) is 13.2. The molecule has 1 atom stereocenters. The topological polar surface area (TPSA) is 86.6 Å². The molecule has 0 amide bonds. The Morgan fingerprint density at radius 2 is 2.00 bits per heavy atom. The molecule has 5 nitrogen and oxygen atoms in total. The van der Waals surface area contributed by atoms with Gasteiger partial charge < -0.3 is 4.98 Å². The SMILES string of the molecule is CS(=O)(=O)c1ccc(C(C#N)c2ncc[nH]2)cc1. The molecule has 6 heteroatoms. The molecule has 1 aromatic carbocycles. The van der Waals surface area contributed by atoms with Crippen LogP contribution < -0.4 is 0 Å². The fourth-order valence-corrected chi connectivity index (χ4v) is 2.27. The van der Waals surface area contributed by atoms with E-state index in [1.807, 2.05) is 0 Å². The van der Waals surface area contributed by atoms with Gasteiger partial charge in [0.05, 0.1) is 11.0 Å². The second kappa shape index (κ2) is 4.63. The number of benzene rings is 1. The maximum Gasteiger partial charge on any atom is 0.175 e. The van der Waals surface area contributed by atoms with Crippen molar-refractivity contribution < 1.29 is 8.42 Å². The maximum atomic E-state index is 11.3. The fourth-order valence-electron chi connectivity index (χ4n) is 1.64. The average molecular weight is 261 g/mol. The number of aromatic nitrogens is 2. The zero-order valence-electron chi connectivity index (χ0n) is 9.66. The van der Waals surface area contributed by atoms with Gasteiger partial charge in [-0.05, 0) is 17.7 Å². The van der Waals surface area contributed by atoms with Gasteiger partial charge in [-0.2, -0.15) is 5.26 Å². The van der Waals surface area contributed by atoms with E-state index in [1.165, 1.54) is 12.1 Å². The summed E-state index contributed by atoms with van der Waals surface area (Å²) in [6.45, 7) is 0. The summed E-state index contributed by atoms with van der Waals surface area (Å²) in [5.41, 5.74) is 0.708. The van der Waals surface area contributed by atoms with Crippen LogP contribution in [0.15, 0.2) is 41.6 Å². The van der Waals surface area contributed by atoms with E-state index < -0.39 is 15.8 Å². The van der Waals surface area contributed by atoms with Crippen LogP contribution in [-0.4, -0.2) is 24.6 Å². The first-order chi connectivity index (χ1) is 8.52. The minimum absolute atomic E-state index is 0.238. The number of hydrogen-bond donors (Lipinski definition) is 1. The van der Waals surface area contributed by atoms with Crippen LogP contribution in [0, 0.1) is 11.3 Å². The number of rotatable bonds is 3. The summed E-state index contributed by atoms with van der Waals surface area (Å²) in [4.78, 5) is 7.16. The molecule has 18 heavy (non-hydrogen) atoms. The fraction of sp³-hybridized carbons (Fsp3) is 0.167. The van der Waals surface area contributed by atoms with Gasteiger partial charge >= 0.3 is 0 Å². The Hall–Kier alpha value is -2.13. The van der Waals surface area contributed by atoms with E-state index in [9.17, 15) is 8.42 Å². The van der Waals surface area contributed by atoms with Gasteiger partial charge in [0.1, 0.15) is 11.7 Å². The Bertz CT molecular complexity index is 667. The first kappa shape index (κ1) is 12.3. The van der Waals surface area contributed by atoms with Gasteiger partial charge in [-0.25, -0.2) is 13.4 Å². The van der Waals surface area contributed by atoms with Crippen molar-refractivity contribution in [2.75, 3.05) is 6.26 Å². The predicted octanol–water partition coefficient (Wildman–Crippen LogP) is 1.47. The molecule has 2 aromatic rings. The minimum Gasteiger partial charge on any atom is -0.347 e. The molecule has 0 bridgehead atoms. The van der Waals surface area contributed by atoms with Gasteiger partial charge in [0.25, 0.3) is 0 Å². The predicted molar refractivity (Wildman–Crippen MR) is 65.6 cm³/mol. The van der Waals surface area contributed by atoms with Crippen LogP contribution in [0.1, 0.15) is 17.3 Å². The lowest BCUT2D eigenvalue weighted by atomic mass is 10.0. The van der Waals surface area contributed by atoms with E-state index in [0.29, 0.717) is 11.4 Å². The van der Waals surface area contributed by atoms with Crippen LogP contribution in [0.2, 0.25) is 0 Å². The van der Waals surface area contributed by atoms with Gasteiger partial charge in [0, 0.05) is 18.6 Å². The molecule has 0 aliphatic heterocycles. The van der Waals surface area contributed by atoms with E-state index in [-0.39, 0.29) is 4.90 Å². The lowest BCUT2D eigenvalue weighted by Crippen LogP contribution is -2.02. The smallest absolute Gasteiger partial charge is 0.175 e. The summed E-state index contributed by atoms with van der Waals surface area (Å²) >= 11 is 0. The molecule has 2 rings (SSSR count). The van der Waals surface area contributed by atoms with E-state index in [4.69, 9.17) is 5.26 Å². The molecule has 92 valence electrons. The second-order valence-electron chi connectivity index (χ2n) is 3.88. The van der Waals surface area contributed by atoms with E-state index in [1.54, 1.807) is 24.5 Å². The Morgan fingerprint density at radius 3 is 2.44 bits per heavy atom. The zero-order valence-corrected chi connectivity index (χ0v) is 10.5. The van der Waals surface area contributed by atoms with Crippen LogP contribution in [0.5, 0.6) is 0 Å². The van der Waals surface area contributed by atoms with Crippen molar-refractivity contribution >= 4 is 9.84 Å². The van der Waals surface area contributed by atoms with Crippen molar-refractivity contribution in [3.8, 4) is 6.07 Å². The molecule has 0 fully saturated rings. The Morgan fingerprint density at radius 1 is 1.33 bits per heavy atom. The van der Waals surface area contributed by atoms with Crippen LogP contribution in [0.4, 0.5) is 0 Å². The first-order valence-electron chi connectivity index (χ1n) is 5.21. The second-order valence-corrected chi connectivity index (χ2v) is 5.89. The highest BCUT2D eigenvalue weighted by molar-refractivity contribution is 7.90. The van der Waals surface area contributed by atoms with Crippen LogP contribution in [0.3, 0.4) is 0 Å². The van der Waals surface area contributed by atoms with Crippen molar-refractivity contribution in [3.63, 3.8) is 0 Å². The first-order valence-corrected chi connectivity index (χ1v) is 7.10. The molecule has 1 aromatic heterocycles. The number of imidazole rings is 1. The number of nitriles is 1. The van der Waals surface area contributed by atoms with Crippen LogP contribution in [0.25, 0.3) is 0 Å². The molecule has 0 radical (unpaired) electrons. The van der Waals surface area contributed by atoms with Gasteiger partial charge in [-0.1, -0.05) is 12.1 Å². The Balaban J connectivity index is 2.38. The van der Waals surface area contributed by atoms with Gasteiger partial charge in [0.2, 0.25) is 0 Å². The Labute approximate surface area is 105 Å². The standard InChI is InChI=1S/C12H11N3O2S/c1-18(16,17)10-4-2-9(3-5-10)11(8-13)12-14-6-7-15-12/h2-7,11H,1H3,(H,14,15). The van der Waals surface area contributed by atoms with Crippen molar-refractivity contribution in [2.45, 2.75) is 10.8 Å². The van der Waals surface area contributed by atoms with Crippen LogP contribution in [-0.2, 0) is 9.84 Å². The third-order valence-electron chi connectivity index (χ3n) is 2.56. The highest BCUT2D eigenvalue weighted by Gasteiger charge is 2.16. The van der Waals surface area contributed by atoms with Crippen molar-refractivity contribution in [1.29, 1.82) is 5.26 Å². The van der Waals surface area contributed by atoms with Gasteiger partial charge in [0.15, 0.2) is 9.84 Å². The van der Waals surface area contributed by atoms with E-state index in [2.05, 4.69) is 16.0 Å². The highest BCUT2D eigenvalue weighted by Crippen LogP contribution is 2.22. The van der Waals surface area contributed by atoms with Gasteiger partial charge in [-0.3, -0.25) is 0 Å². The number of hydrogen-bond acceptors (Lipinski definition) is 4. The lowest BCUT2D eigenvalue weighted by molar-refractivity contribution is 0.602. The number of sulfone groups is 1.